The molecule has 0 aliphatic rings. The predicted octanol–water partition coefficient (Wildman–Crippen LogP) is 4.30. The van der Waals surface area contributed by atoms with Gasteiger partial charge in [-0.15, -0.1) is 0 Å². The fourth-order valence-corrected chi connectivity index (χ4v) is 3.34. The molecule has 0 radical (unpaired) electrons. The zero-order valence-electron chi connectivity index (χ0n) is 15.3. The van der Waals surface area contributed by atoms with Crippen LogP contribution in [0.2, 0.25) is 5.02 Å². The summed E-state index contributed by atoms with van der Waals surface area (Å²) < 4.78 is 1.48. The van der Waals surface area contributed by atoms with E-state index in [1.165, 1.54) is 11.6 Å². The number of amides is 1. The van der Waals surface area contributed by atoms with Crippen molar-refractivity contribution >= 4 is 34.1 Å². The fraction of sp³-hybridized carbons (Fsp3) is 0.0952. The topological polar surface area (TPSA) is 79.8 Å². The number of carbonyl (C=O) groups excluding carboxylic acids is 1. The van der Waals surface area contributed by atoms with Crippen molar-refractivity contribution in [2.75, 3.05) is 5.32 Å². The normalized spacial score (nSPS) is 11.0. The van der Waals surface area contributed by atoms with Crippen LogP contribution in [0.4, 0.5) is 5.69 Å². The molecule has 0 saturated heterocycles. The quantitative estimate of drug-likeness (QED) is 0.545. The largest absolute Gasteiger partial charge is 0.326 e. The summed E-state index contributed by atoms with van der Waals surface area (Å²) in [6.45, 7) is 3.36. The number of carbonyl (C=O) groups is 1. The molecular formula is C21H17ClN4O2. The van der Waals surface area contributed by atoms with E-state index in [0.29, 0.717) is 27.3 Å². The lowest BCUT2D eigenvalue weighted by atomic mass is 10.0. The monoisotopic (exact) mass is 392 g/mol. The minimum absolute atomic E-state index is 0.128. The predicted molar refractivity (Wildman–Crippen MR) is 111 cm³/mol. The van der Waals surface area contributed by atoms with Crippen molar-refractivity contribution in [3.05, 3.63) is 75.8 Å². The molecule has 2 N–H and O–H groups in total. The van der Waals surface area contributed by atoms with E-state index in [9.17, 15) is 9.59 Å². The number of hydrogen-bond acceptors (Lipinski definition) is 3. The standard InChI is InChI=1S/C21H17ClN4O2/c1-12-19(14-3-7-16(8-4-14)24-13(2)27)20-18(11-23-12)21(28)26(25-20)17-9-5-15(22)6-10-17/h3-11,25H,1-2H3,(H,24,27). The Labute approximate surface area is 165 Å². The van der Waals surface area contributed by atoms with E-state index in [0.717, 1.165) is 16.8 Å². The van der Waals surface area contributed by atoms with Crippen molar-refractivity contribution in [2.24, 2.45) is 0 Å². The summed E-state index contributed by atoms with van der Waals surface area (Å²) in [6, 6.07) is 14.5. The van der Waals surface area contributed by atoms with Crippen LogP contribution in [0.1, 0.15) is 12.6 Å². The summed E-state index contributed by atoms with van der Waals surface area (Å²) in [7, 11) is 0. The third-order valence-corrected chi connectivity index (χ3v) is 4.76. The number of aryl methyl sites for hydroxylation is 1. The van der Waals surface area contributed by atoms with E-state index in [4.69, 9.17) is 11.6 Å². The molecule has 4 rings (SSSR count). The summed E-state index contributed by atoms with van der Waals surface area (Å²) in [4.78, 5) is 28.5. The summed E-state index contributed by atoms with van der Waals surface area (Å²) in [5.74, 6) is -0.128. The van der Waals surface area contributed by atoms with Crippen molar-refractivity contribution in [1.29, 1.82) is 0 Å². The number of hydrogen-bond donors (Lipinski definition) is 2. The zero-order valence-corrected chi connectivity index (χ0v) is 16.0. The maximum Gasteiger partial charge on any atom is 0.280 e. The average Bonchev–Trinajstić information content (AvgIpc) is 2.99. The molecule has 0 fully saturated rings. The molecule has 0 aliphatic heterocycles. The zero-order chi connectivity index (χ0) is 19.8. The van der Waals surface area contributed by atoms with Crippen LogP contribution in [0.25, 0.3) is 27.7 Å². The Morgan fingerprint density at radius 2 is 1.79 bits per heavy atom. The Bertz CT molecular complexity index is 1240. The molecule has 0 spiro atoms. The molecule has 2 aromatic heterocycles. The number of nitrogens with zero attached hydrogens (tertiary/aromatic N) is 2. The van der Waals surface area contributed by atoms with Crippen molar-refractivity contribution in [3.8, 4) is 16.8 Å². The number of nitrogens with one attached hydrogen (secondary N) is 2. The molecule has 0 bridgehead atoms. The highest BCUT2D eigenvalue weighted by Gasteiger charge is 2.16. The number of anilines is 1. The molecule has 2 aromatic carbocycles. The van der Waals surface area contributed by atoms with Gasteiger partial charge in [0, 0.05) is 35.1 Å². The molecule has 0 aliphatic carbocycles. The lowest BCUT2D eigenvalue weighted by molar-refractivity contribution is -0.114. The lowest BCUT2D eigenvalue weighted by Gasteiger charge is -2.08. The van der Waals surface area contributed by atoms with E-state index < -0.39 is 0 Å². The van der Waals surface area contributed by atoms with Gasteiger partial charge < -0.3 is 5.32 Å². The minimum atomic E-state index is -0.180. The number of aromatic nitrogens is 3. The third kappa shape index (κ3) is 3.18. The highest BCUT2D eigenvalue weighted by molar-refractivity contribution is 6.30. The third-order valence-electron chi connectivity index (χ3n) is 4.50. The molecule has 6 nitrogen and oxygen atoms in total. The Balaban J connectivity index is 1.88. The van der Waals surface area contributed by atoms with Gasteiger partial charge in [0.15, 0.2) is 0 Å². The highest BCUT2D eigenvalue weighted by Crippen LogP contribution is 2.29. The Morgan fingerprint density at radius 1 is 1.11 bits per heavy atom. The molecule has 4 aromatic rings. The first-order chi connectivity index (χ1) is 13.4. The van der Waals surface area contributed by atoms with E-state index in [-0.39, 0.29) is 11.5 Å². The van der Waals surface area contributed by atoms with E-state index in [1.54, 1.807) is 30.5 Å². The number of pyridine rings is 1. The molecule has 0 unspecified atom stereocenters. The van der Waals surface area contributed by atoms with Crippen molar-refractivity contribution < 1.29 is 4.79 Å². The van der Waals surface area contributed by atoms with Gasteiger partial charge in [-0.05, 0) is 48.9 Å². The van der Waals surface area contributed by atoms with Crippen molar-refractivity contribution in [3.63, 3.8) is 0 Å². The molecular weight excluding hydrogens is 376 g/mol. The fourth-order valence-electron chi connectivity index (χ4n) is 3.22. The van der Waals surface area contributed by atoms with Crippen LogP contribution in [0.3, 0.4) is 0 Å². The summed E-state index contributed by atoms with van der Waals surface area (Å²) >= 11 is 5.95. The highest BCUT2D eigenvalue weighted by atomic mass is 35.5. The van der Waals surface area contributed by atoms with Gasteiger partial charge in [0.2, 0.25) is 5.91 Å². The van der Waals surface area contributed by atoms with Crippen LogP contribution in [0.5, 0.6) is 0 Å². The minimum Gasteiger partial charge on any atom is -0.326 e. The molecule has 7 heteroatoms. The first-order valence-corrected chi connectivity index (χ1v) is 9.06. The van der Waals surface area contributed by atoms with Crippen LogP contribution >= 0.6 is 11.6 Å². The Kier molecular flexibility index (Phi) is 4.49. The van der Waals surface area contributed by atoms with Gasteiger partial charge in [-0.3, -0.25) is 19.7 Å². The van der Waals surface area contributed by atoms with Crippen LogP contribution in [0.15, 0.2) is 59.5 Å². The summed E-state index contributed by atoms with van der Waals surface area (Å²) in [6.07, 6.45) is 1.59. The molecule has 0 saturated carbocycles. The van der Waals surface area contributed by atoms with Crippen LogP contribution in [-0.4, -0.2) is 20.7 Å². The SMILES string of the molecule is CC(=O)Nc1ccc(-c2c(C)ncc3c(=O)n(-c4ccc(Cl)cc4)[nH]c23)cc1. The van der Waals surface area contributed by atoms with Crippen molar-refractivity contribution in [1.82, 2.24) is 14.8 Å². The van der Waals surface area contributed by atoms with Crippen LogP contribution in [0, 0.1) is 6.92 Å². The van der Waals surface area contributed by atoms with Crippen molar-refractivity contribution in [2.45, 2.75) is 13.8 Å². The van der Waals surface area contributed by atoms with Gasteiger partial charge >= 0.3 is 0 Å². The number of benzene rings is 2. The number of rotatable bonds is 3. The Hall–Kier alpha value is -3.38. The average molecular weight is 393 g/mol. The number of aromatic amines is 1. The molecule has 0 atom stereocenters. The summed E-state index contributed by atoms with van der Waals surface area (Å²) in [5, 5.41) is 7.06. The van der Waals surface area contributed by atoms with E-state index in [2.05, 4.69) is 15.4 Å². The molecule has 2 heterocycles. The maximum absolute atomic E-state index is 12.9. The van der Waals surface area contributed by atoms with Gasteiger partial charge in [0.1, 0.15) is 0 Å². The lowest BCUT2D eigenvalue weighted by Crippen LogP contribution is -2.14. The Morgan fingerprint density at radius 3 is 2.43 bits per heavy atom. The van der Waals surface area contributed by atoms with Crippen LogP contribution < -0.4 is 10.9 Å². The van der Waals surface area contributed by atoms with Crippen LogP contribution in [-0.2, 0) is 4.79 Å². The molecule has 28 heavy (non-hydrogen) atoms. The second kappa shape index (κ2) is 6.98. The maximum atomic E-state index is 12.9. The number of halogens is 1. The van der Waals surface area contributed by atoms with Gasteiger partial charge in [-0.1, -0.05) is 23.7 Å². The molecule has 1 amide bonds. The smallest absolute Gasteiger partial charge is 0.280 e. The van der Waals surface area contributed by atoms with Gasteiger partial charge in [0.25, 0.3) is 5.56 Å². The van der Waals surface area contributed by atoms with Gasteiger partial charge in [-0.25, -0.2) is 4.68 Å². The van der Waals surface area contributed by atoms with Gasteiger partial charge in [-0.2, -0.15) is 0 Å². The second-order valence-corrected chi connectivity index (χ2v) is 6.93. The number of fused-ring (bicyclic) bond motifs is 1. The van der Waals surface area contributed by atoms with E-state index >= 15 is 0 Å². The van der Waals surface area contributed by atoms with E-state index in [1.807, 2.05) is 31.2 Å². The molecule has 140 valence electrons. The number of H-pyrrole nitrogens is 1. The first-order valence-electron chi connectivity index (χ1n) is 8.68. The van der Waals surface area contributed by atoms with Gasteiger partial charge in [0.05, 0.1) is 16.6 Å². The second-order valence-electron chi connectivity index (χ2n) is 6.49. The first kappa shape index (κ1) is 18.0. The summed E-state index contributed by atoms with van der Waals surface area (Å²) in [5.41, 5.74) is 4.47.